The summed E-state index contributed by atoms with van der Waals surface area (Å²) in [5.41, 5.74) is 2.17. The summed E-state index contributed by atoms with van der Waals surface area (Å²) in [6.07, 6.45) is 3.25. The van der Waals surface area contributed by atoms with E-state index in [9.17, 15) is 4.79 Å². The van der Waals surface area contributed by atoms with Crippen LogP contribution >= 0.6 is 0 Å². The van der Waals surface area contributed by atoms with Gasteiger partial charge in [0.05, 0.1) is 11.0 Å². The van der Waals surface area contributed by atoms with Gasteiger partial charge in [-0.1, -0.05) is 0 Å². The average Bonchev–Trinajstić information content (AvgIpc) is 2.27. The Kier molecular flexibility index (Phi) is 2.33. The maximum absolute atomic E-state index is 11.7. The fraction of sp³-hybridized carbons (Fsp3) is 0.182. The van der Waals surface area contributed by atoms with E-state index in [1.165, 1.54) is 4.90 Å². The van der Waals surface area contributed by atoms with E-state index in [2.05, 4.69) is 9.97 Å². The second kappa shape index (κ2) is 3.65. The van der Waals surface area contributed by atoms with E-state index in [4.69, 9.17) is 0 Å². The van der Waals surface area contributed by atoms with Gasteiger partial charge in [0.1, 0.15) is 0 Å². The lowest BCUT2D eigenvalue weighted by atomic mass is 10.2. The molecule has 4 heteroatoms. The maximum atomic E-state index is 11.7. The van der Waals surface area contributed by atoms with E-state index in [1.807, 2.05) is 0 Å². The lowest BCUT2D eigenvalue weighted by Crippen LogP contribution is -2.21. The van der Waals surface area contributed by atoms with Crippen LogP contribution in [0.4, 0.5) is 0 Å². The molecule has 0 unspecified atom stereocenters. The molecule has 1 aromatic carbocycles. The van der Waals surface area contributed by atoms with Crippen molar-refractivity contribution in [3.05, 3.63) is 36.2 Å². The topological polar surface area (TPSA) is 46.1 Å². The number of amides is 1. The van der Waals surface area contributed by atoms with E-state index in [0.717, 1.165) is 11.0 Å². The first-order valence-electron chi connectivity index (χ1n) is 4.61. The van der Waals surface area contributed by atoms with Crippen molar-refractivity contribution in [3.8, 4) is 0 Å². The SMILES string of the molecule is CN(C)C(=O)c1ccc2nccnc2c1. The van der Waals surface area contributed by atoms with Crippen molar-refractivity contribution >= 4 is 16.9 Å². The molecule has 0 fully saturated rings. The summed E-state index contributed by atoms with van der Waals surface area (Å²) in [7, 11) is 3.45. The Balaban J connectivity index is 2.52. The molecular weight excluding hydrogens is 190 g/mol. The van der Waals surface area contributed by atoms with Gasteiger partial charge >= 0.3 is 0 Å². The van der Waals surface area contributed by atoms with Crippen molar-refractivity contribution in [2.45, 2.75) is 0 Å². The van der Waals surface area contributed by atoms with E-state index in [-0.39, 0.29) is 5.91 Å². The van der Waals surface area contributed by atoms with Crippen molar-refractivity contribution in [3.63, 3.8) is 0 Å². The fourth-order valence-electron chi connectivity index (χ4n) is 1.35. The Hall–Kier alpha value is -1.97. The van der Waals surface area contributed by atoms with E-state index in [0.29, 0.717) is 5.56 Å². The minimum atomic E-state index is -0.0254. The van der Waals surface area contributed by atoms with Crippen LogP contribution in [0.3, 0.4) is 0 Å². The van der Waals surface area contributed by atoms with Gasteiger partial charge in [-0.05, 0) is 18.2 Å². The quantitative estimate of drug-likeness (QED) is 0.699. The smallest absolute Gasteiger partial charge is 0.253 e. The van der Waals surface area contributed by atoms with Crippen LogP contribution in [0.5, 0.6) is 0 Å². The normalized spacial score (nSPS) is 10.3. The van der Waals surface area contributed by atoms with Gasteiger partial charge in [0.25, 0.3) is 5.91 Å². The molecule has 0 aliphatic heterocycles. The van der Waals surface area contributed by atoms with E-state index >= 15 is 0 Å². The zero-order valence-corrected chi connectivity index (χ0v) is 8.64. The first-order valence-corrected chi connectivity index (χ1v) is 4.61. The summed E-state index contributed by atoms with van der Waals surface area (Å²) in [6, 6.07) is 5.32. The number of hydrogen-bond donors (Lipinski definition) is 0. The predicted molar refractivity (Wildman–Crippen MR) is 57.6 cm³/mol. The third-order valence-electron chi connectivity index (χ3n) is 2.12. The van der Waals surface area contributed by atoms with Gasteiger partial charge in [0, 0.05) is 32.1 Å². The lowest BCUT2D eigenvalue weighted by Gasteiger charge is -2.09. The number of benzene rings is 1. The number of nitrogens with zero attached hydrogens (tertiary/aromatic N) is 3. The van der Waals surface area contributed by atoms with Gasteiger partial charge in [-0.25, -0.2) is 0 Å². The van der Waals surface area contributed by atoms with Crippen molar-refractivity contribution < 1.29 is 4.79 Å². The first kappa shape index (κ1) is 9.58. The van der Waals surface area contributed by atoms with Gasteiger partial charge in [-0.15, -0.1) is 0 Å². The van der Waals surface area contributed by atoms with Gasteiger partial charge in [0.2, 0.25) is 0 Å². The monoisotopic (exact) mass is 201 g/mol. The highest BCUT2D eigenvalue weighted by molar-refractivity contribution is 5.96. The Morgan fingerprint density at radius 1 is 1.13 bits per heavy atom. The molecule has 1 amide bonds. The molecule has 4 nitrogen and oxygen atoms in total. The van der Waals surface area contributed by atoms with Crippen LogP contribution in [0.15, 0.2) is 30.6 Å². The second-order valence-electron chi connectivity index (χ2n) is 3.46. The molecule has 1 heterocycles. The number of aromatic nitrogens is 2. The van der Waals surface area contributed by atoms with Crippen LogP contribution in [0.1, 0.15) is 10.4 Å². The van der Waals surface area contributed by atoms with Crippen molar-refractivity contribution in [1.82, 2.24) is 14.9 Å². The van der Waals surface area contributed by atoms with Crippen LogP contribution in [0.2, 0.25) is 0 Å². The van der Waals surface area contributed by atoms with Crippen LogP contribution in [-0.2, 0) is 0 Å². The number of hydrogen-bond acceptors (Lipinski definition) is 3. The number of carbonyl (C=O) groups excluding carboxylic acids is 1. The molecule has 15 heavy (non-hydrogen) atoms. The Labute approximate surface area is 87.6 Å². The van der Waals surface area contributed by atoms with Gasteiger partial charge in [-0.3, -0.25) is 14.8 Å². The average molecular weight is 201 g/mol. The van der Waals surface area contributed by atoms with Gasteiger partial charge in [0.15, 0.2) is 0 Å². The molecule has 0 aliphatic carbocycles. The summed E-state index contributed by atoms with van der Waals surface area (Å²) in [6.45, 7) is 0. The Bertz CT molecular complexity index is 508. The lowest BCUT2D eigenvalue weighted by molar-refractivity contribution is 0.0828. The highest BCUT2D eigenvalue weighted by Gasteiger charge is 2.08. The molecule has 0 saturated carbocycles. The molecule has 0 bridgehead atoms. The molecule has 0 spiro atoms. The van der Waals surface area contributed by atoms with Gasteiger partial charge in [-0.2, -0.15) is 0 Å². The van der Waals surface area contributed by atoms with Crippen molar-refractivity contribution in [2.75, 3.05) is 14.1 Å². The molecule has 0 radical (unpaired) electrons. The second-order valence-corrected chi connectivity index (χ2v) is 3.46. The number of fused-ring (bicyclic) bond motifs is 1. The Morgan fingerprint density at radius 2 is 1.80 bits per heavy atom. The molecule has 76 valence electrons. The fourth-order valence-corrected chi connectivity index (χ4v) is 1.35. The number of rotatable bonds is 1. The molecule has 1 aromatic heterocycles. The highest BCUT2D eigenvalue weighted by atomic mass is 16.2. The molecule has 0 saturated heterocycles. The molecule has 0 aliphatic rings. The van der Waals surface area contributed by atoms with E-state index in [1.54, 1.807) is 44.7 Å². The molecule has 2 aromatic rings. The summed E-state index contributed by atoms with van der Waals surface area (Å²) < 4.78 is 0. The highest BCUT2D eigenvalue weighted by Crippen LogP contribution is 2.11. The molecular formula is C11H11N3O. The van der Waals surface area contributed by atoms with Crippen LogP contribution < -0.4 is 0 Å². The summed E-state index contributed by atoms with van der Waals surface area (Å²) in [5.74, 6) is -0.0254. The van der Waals surface area contributed by atoms with Crippen LogP contribution in [0.25, 0.3) is 11.0 Å². The third kappa shape index (κ3) is 1.79. The predicted octanol–water partition coefficient (Wildman–Crippen LogP) is 1.33. The first-order chi connectivity index (χ1) is 7.18. The summed E-state index contributed by atoms with van der Waals surface area (Å²) >= 11 is 0. The largest absolute Gasteiger partial charge is 0.345 e. The summed E-state index contributed by atoms with van der Waals surface area (Å²) in [5, 5.41) is 0. The third-order valence-corrected chi connectivity index (χ3v) is 2.12. The summed E-state index contributed by atoms with van der Waals surface area (Å²) in [4.78, 5) is 21.5. The minimum Gasteiger partial charge on any atom is -0.345 e. The van der Waals surface area contributed by atoms with Crippen LogP contribution in [0, 0.1) is 0 Å². The van der Waals surface area contributed by atoms with Gasteiger partial charge < -0.3 is 4.90 Å². The number of carbonyl (C=O) groups is 1. The Morgan fingerprint density at radius 3 is 2.47 bits per heavy atom. The molecule has 0 atom stereocenters. The zero-order valence-electron chi connectivity index (χ0n) is 8.64. The molecule has 2 rings (SSSR count). The van der Waals surface area contributed by atoms with Crippen LogP contribution in [-0.4, -0.2) is 34.9 Å². The maximum Gasteiger partial charge on any atom is 0.253 e. The molecule has 0 N–H and O–H groups in total. The standard InChI is InChI=1S/C11H11N3O/c1-14(2)11(15)8-3-4-9-10(7-8)13-6-5-12-9/h3-7H,1-2H3. The zero-order chi connectivity index (χ0) is 10.8. The van der Waals surface area contributed by atoms with Crippen molar-refractivity contribution in [1.29, 1.82) is 0 Å². The van der Waals surface area contributed by atoms with Crippen molar-refractivity contribution in [2.24, 2.45) is 0 Å². The minimum absolute atomic E-state index is 0.0254. The van der Waals surface area contributed by atoms with E-state index < -0.39 is 0 Å².